The first-order chi connectivity index (χ1) is 9.47. The number of amides is 1. The zero-order valence-corrected chi connectivity index (χ0v) is 12.0. The van der Waals surface area contributed by atoms with Crippen LogP contribution in [0.25, 0.3) is 0 Å². The third-order valence-electron chi connectivity index (χ3n) is 2.54. The van der Waals surface area contributed by atoms with Crippen molar-refractivity contribution in [2.45, 2.75) is 11.8 Å². The van der Waals surface area contributed by atoms with E-state index in [0.717, 1.165) is 5.69 Å². The molecule has 0 bridgehead atoms. The predicted molar refractivity (Wildman–Crippen MR) is 75.6 cm³/mol. The minimum absolute atomic E-state index is 0.0640. The fourth-order valence-electron chi connectivity index (χ4n) is 1.53. The maximum absolute atomic E-state index is 12.0. The first-order valence-electron chi connectivity index (χ1n) is 5.60. The van der Waals surface area contributed by atoms with Crippen LogP contribution in [0, 0.1) is 6.92 Å². The summed E-state index contributed by atoms with van der Waals surface area (Å²) in [5, 5.41) is 2.80. The molecular formula is C13H10ClN2O3S-. The number of carbonyl (C=O) groups is 1. The third-order valence-corrected chi connectivity index (χ3v) is 3.48. The lowest BCUT2D eigenvalue weighted by Crippen LogP contribution is -2.14. The van der Waals surface area contributed by atoms with Crippen molar-refractivity contribution in [3.05, 3.63) is 52.8 Å². The average molecular weight is 310 g/mol. The van der Waals surface area contributed by atoms with E-state index in [-0.39, 0.29) is 15.6 Å². The number of hydrogen-bond acceptors (Lipinski definition) is 4. The lowest BCUT2D eigenvalue weighted by molar-refractivity contribution is 0.102. The van der Waals surface area contributed by atoms with Gasteiger partial charge < -0.3 is 9.87 Å². The number of halogens is 1. The van der Waals surface area contributed by atoms with Crippen LogP contribution in [0.5, 0.6) is 0 Å². The van der Waals surface area contributed by atoms with Gasteiger partial charge in [0.1, 0.15) is 0 Å². The van der Waals surface area contributed by atoms with E-state index in [9.17, 15) is 13.6 Å². The number of benzene rings is 1. The molecule has 0 saturated carbocycles. The maximum Gasteiger partial charge on any atom is 0.257 e. The Bertz CT molecular complexity index is 674. The zero-order chi connectivity index (χ0) is 14.7. The van der Waals surface area contributed by atoms with Gasteiger partial charge in [-0.1, -0.05) is 11.6 Å². The fraction of sp³-hybridized carbons (Fsp3) is 0.0769. The van der Waals surface area contributed by atoms with Gasteiger partial charge in [-0.05, 0) is 48.3 Å². The van der Waals surface area contributed by atoms with Gasteiger partial charge in [-0.3, -0.25) is 14.0 Å². The number of carbonyl (C=O) groups excluding carboxylic acids is 1. The number of anilines is 1. The minimum Gasteiger partial charge on any atom is -0.768 e. The van der Waals surface area contributed by atoms with Gasteiger partial charge in [-0.2, -0.15) is 0 Å². The van der Waals surface area contributed by atoms with Crippen LogP contribution in [-0.4, -0.2) is 19.7 Å². The monoisotopic (exact) mass is 309 g/mol. The maximum atomic E-state index is 12.0. The van der Waals surface area contributed by atoms with Gasteiger partial charge in [0.2, 0.25) is 0 Å². The van der Waals surface area contributed by atoms with Crippen LogP contribution >= 0.6 is 11.6 Å². The van der Waals surface area contributed by atoms with Crippen LogP contribution in [0.1, 0.15) is 16.1 Å². The van der Waals surface area contributed by atoms with Crippen molar-refractivity contribution in [1.82, 2.24) is 4.98 Å². The predicted octanol–water partition coefficient (Wildman–Crippen LogP) is 2.53. The quantitative estimate of drug-likeness (QED) is 0.883. The van der Waals surface area contributed by atoms with Crippen molar-refractivity contribution < 1.29 is 13.6 Å². The van der Waals surface area contributed by atoms with Crippen molar-refractivity contribution in [3.8, 4) is 0 Å². The minimum atomic E-state index is -2.49. The van der Waals surface area contributed by atoms with Crippen molar-refractivity contribution >= 4 is 34.3 Å². The normalized spacial score (nSPS) is 11.9. The molecule has 0 saturated heterocycles. The smallest absolute Gasteiger partial charge is 0.257 e. The van der Waals surface area contributed by atoms with Crippen molar-refractivity contribution in [1.29, 1.82) is 0 Å². The molecule has 2 aromatic rings. The molecular weight excluding hydrogens is 300 g/mol. The lowest BCUT2D eigenvalue weighted by atomic mass is 10.2. The average Bonchev–Trinajstić information content (AvgIpc) is 2.41. The molecule has 7 heteroatoms. The van der Waals surface area contributed by atoms with Crippen molar-refractivity contribution in [2.24, 2.45) is 0 Å². The molecule has 0 fully saturated rings. The molecule has 1 unspecified atom stereocenters. The van der Waals surface area contributed by atoms with E-state index >= 15 is 0 Å². The summed E-state index contributed by atoms with van der Waals surface area (Å²) in [5.41, 5.74) is 1.30. The molecule has 0 aliphatic rings. The van der Waals surface area contributed by atoms with E-state index in [0.29, 0.717) is 5.56 Å². The molecule has 104 valence electrons. The summed E-state index contributed by atoms with van der Waals surface area (Å²) in [7, 11) is 0. The molecule has 0 aliphatic carbocycles. The van der Waals surface area contributed by atoms with Crippen molar-refractivity contribution in [2.75, 3.05) is 5.32 Å². The summed E-state index contributed by atoms with van der Waals surface area (Å²) in [6, 6.07) is 7.52. The SMILES string of the molecule is Cc1ccc(C(=O)Nc2ccc(Cl)cc2S(=O)[O-])cn1. The summed E-state index contributed by atoms with van der Waals surface area (Å²) in [4.78, 5) is 15.9. The highest BCUT2D eigenvalue weighted by atomic mass is 35.5. The molecule has 1 aromatic carbocycles. The Morgan fingerprint density at radius 3 is 2.70 bits per heavy atom. The highest BCUT2D eigenvalue weighted by Gasteiger charge is 2.10. The standard InChI is InChI=1S/C13H11ClN2O3S/c1-8-2-3-9(7-15-8)13(17)16-11-5-4-10(14)6-12(11)20(18)19/h2-7H,1H3,(H,16,17)(H,18,19)/p-1. The van der Waals surface area contributed by atoms with Gasteiger partial charge in [0, 0.05) is 21.8 Å². The van der Waals surface area contributed by atoms with Gasteiger partial charge in [0.15, 0.2) is 0 Å². The summed E-state index contributed by atoms with van der Waals surface area (Å²) in [5.74, 6) is -0.438. The first-order valence-corrected chi connectivity index (χ1v) is 7.05. The van der Waals surface area contributed by atoms with Crippen LogP contribution in [0.3, 0.4) is 0 Å². The van der Waals surface area contributed by atoms with E-state index in [4.69, 9.17) is 11.6 Å². The van der Waals surface area contributed by atoms with Crippen LogP contribution in [0.15, 0.2) is 41.4 Å². The molecule has 0 aliphatic heterocycles. The van der Waals surface area contributed by atoms with Gasteiger partial charge in [-0.25, -0.2) is 0 Å². The number of aryl methyl sites for hydroxylation is 1. The number of aromatic nitrogens is 1. The highest BCUT2D eigenvalue weighted by Crippen LogP contribution is 2.23. The van der Waals surface area contributed by atoms with Gasteiger partial charge >= 0.3 is 0 Å². The van der Waals surface area contributed by atoms with Crippen LogP contribution in [0.4, 0.5) is 5.69 Å². The molecule has 20 heavy (non-hydrogen) atoms. The second-order valence-corrected chi connectivity index (χ2v) is 5.36. The van der Waals surface area contributed by atoms with E-state index in [1.54, 1.807) is 19.1 Å². The largest absolute Gasteiger partial charge is 0.768 e. The third kappa shape index (κ3) is 3.41. The van der Waals surface area contributed by atoms with Crippen LogP contribution in [0.2, 0.25) is 5.02 Å². The Labute approximate surface area is 123 Å². The van der Waals surface area contributed by atoms with E-state index in [1.165, 1.54) is 24.4 Å². The second-order valence-electron chi connectivity index (χ2n) is 4.02. The molecule has 0 radical (unpaired) electrons. The Morgan fingerprint density at radius 2 is 2.10 bits per heavy atom. The second kappa shape index (κ2) is 6.13. The number of pyridine rings is 1. The molecule has 1 atom stereocenters. The summed E-state index contributed by atoms with van der Waals surface area (Å²) in [6.45, 7) is 1.81. The van der Waals surface area contributed by atoms with Gasteiger partial charge in [-0.15, -0.1) is 0 Å². The first kappa shape index (κ1) is 14.6. The van der Waals surface area contributed by atoms with Gasteiger partial charge in [0.25, 0.3) is 5.91 Å². The number of rotatable bonds is 3. The Balaban J connectivity index is 2.28. The number of nitrogens with zero attached hydrogens (tertiary/aromatic N) is 1. The van der Waals surface area contributed by atoms with Crippen molar-refractivity contribution in [3.63, 3.8) is 0 Å². The Morgan fingerprint density at radius 1 is 1.35 bits per heavy atom. The molecule has 1 aromatic heterocycles. The Kier molecular flexibility index (Phi) is 4.49. The summed E-state index contributed by atoms with van der Waals surface area (Å²) >= 11 is 3.24. The summed E-state index contributed by atoms with van der Waals surface area (Å²) in [6.07, 6.45) is 1.43. The number of hydrogen-bond donors (Lipinski definition) is 1. The van der Waals surface area contributed by atoms with E-state index in [1.807, 2.05) is 0 Å². The lowest BCUT2D eigenvalue weighted by Gasteiger charge is -2.13. The molecule has 0 spiro atoms. The zero-order valence-electron chi connectivity index (χ0n) is 10.4. The topological polar surface area (TPSA) is 82.1 Å². The van der Waals surface area contributed by atoms with Crippen LogP contribution < -0.4 is 5.32 Å². The van der Waals surface area contributed by atoms with E-state index < -0.39 is 17.0 Å². The fourth-order valence-corrected chi connectivity index (χ4v) is 2.29. The molecule has 5 nitrogen and oxygen atoms in total. The highest BCUT2D eigenvalue weighted by molar-refractivity contribution is 7.79. The molecule has 2 rings (SSSR count). The van der Waals surface area contributed by atoms with Gasteiger partial charge in [0.05, 0.1) is 11.3 Å². The summed E-state index contributed by atoms with van der Waals surface area (Å²) < 4.78 is 22.2. The molecule has 1 amide bonds. The Hall–Kier alpha value is -1.76. The molecule has 1 heterocycles. The van der Waals surface area contributed by atoms with E-state index in [2.05, 4.69) is 10.3 Å². The molecule has 1 N–H and O–H groups in total. The number of nitrogens with one attached hydrogen (secondary N) is 1. The van der Waals surface area contributed by atoms with Crippen LogP contribution in [-0.2, 0) is 11.1 Å².